The first-order valence-corrected chi connectivity index (χ1v) is 9.55. The number of rotatable bonds is 3. The fourth-order valence-electron chi connectivity index (χ4n) is 1.93. The second-order valence-corrected chi connectivity index (χ2v) is 12.6. The van der Waals surface area contributed by atoms with Crippen LogP contribution in [0.5, 0.6) is 0 Å². The van der Waals surface area contributed by atoms with Gasteiger partial charge in [0, 0.05) is 12.3 Å². The van der Waals surface area contributed by atoms with Crippen molar-refractivity contribution in [3.63, 3.8) is 0 Å². The van der Waals surface area contributed by atoms with E-state index >= 15 is 0 Å². The summed E-state index contributed by atoms with van der Waals surface area (Å²) in [6, 6.07) is -0.0430. The molecular formula is C8H10Cl2F6Si. The maximum Gasteiger partial charge on any atom is 0.428 e. The Balaban J connectivity index is 2.78. The van der Waals surface area contributed by atoms with E-state index in [4.69, 9.17) is 22.2 Å². The second-order valence-electron chi connectivity index (χ2n) is 4.42. The summed E-state index contributed by atoms with van der Waals surface area (Å²) in [7, 11) is 0. The molecule has 0 aliphatic heterocycles. The monoisotopic (exact) mass is 318 g/mol. The van der Waals surface area contributed by atoms with E-state index in [1.807, 2.05) is 0 Å². The molecule has 1 aliphatic carbocycles. The molecule has 0 radical (unpaired) electrons. The Morgan fingerprint density at radius 2 is 1.71 bits per heavy atom. The lowest BCUT2D eigenvalue weighted by Gasteiger charge is -2.50. The van der Waals surface area contributed by atoms with Gasteiger partial charge in [0.2, 0.25) is 6.69 Å². The molecule has 2 unspecified atom stereocenters. The summed E-state index contributed by atoms with van der Waals surface area (Å²) in [4.78, 5) is 0. The first kappa shape index (κ1) is 15.4. The number of hydrogen-bond acceptors (Lipinski definition) is 0. The summed E-state index contributed by atoms with van der Waals surface area (Å²) in [6.07, 6.45) is -7.06. The van der Waals surface area contributed by atoms with E-state index in [-0.39, 0.29) is 12.5 Å². The molecule has 0 spiro atoms. The molecule has 102 valence electrons. The zero-order valence-electron chi connectivity index (χ0n) is 8.72. The van der Waals surface area contributed by atoms with Crippen molar-refractivity contribution in [1.82, 2.24) is 0 Å². The summed E-state index contributed by atoms with van der Waals surface area (Å²) in [5, 5.41) is 0. The van der Waals surface area contributed by atoms with Gasteiger partial charge in [-0.15, -0.1) is 22.2 Å². The quantitative estimate of drug-likeness (QED) is 0.396. The van der Waals surface area contributed by atoms with Gasteiger partial charge in [0.05, 0.1) is 0 Å². The lowest BCUT2D eigenvalue weighted by atomic mass is 9.65. The maximum atomic E-state index is 13.5. The average Bonchev–Trinajstić information content (AvgIpc) is 2.07. The first-order valence-electron chi connectivity index (χ1n) is 4.82. The number of halogens is 8. The molecule has 2 atom stereocenters. The Hall–Kier alpha value is 0.377. The van der Waals surface area contributed by atoms with Crippen molar-refractivity contribution < 1.29 is 26.3 Å². The zero-order chi connectivity index (χ0) is 13.7. The van der Waals surface area contributed by atoms with Crippen LogP contribution < -0.4 is 0 Å². The molecule has 0 amide bonds. The molecular weight excluding hydrogens is 309 g/mol. The van der Waals surface area contributed by atoms with Crippen molar-refractivity contribution in [2.45, 2.75) is 43.2 Å². The Kier molecular flexibility index (Phi) is 3.81. The van der Waals surface area contributed by atoms with Crippen LogP contribution >= 0.6 is 22.2 Å². The lowest BCUT2D eigenvalue weighted by molar-refractivity contribution is -0.371. The minimum Gasteiger partial charge on any atom is -0.227 e. The number of hydrogen-bond donors (Lipinski definition) is 0. The van der Waals surface area contributed by atoms with Crippen LogP contribution in [0.2, 0.25) is 12.6 Å². The molecule has 1 fully saturated rings. The molecule has 0 heterocycles. The Bertz CT molecular complexity index is 287. The summed E-state index contributed by atoms with van der Waals surface area (Å²) in [6.45, 7) is -1.26. The van der Waals surface area contributed by atoms with Gasteiger partial charge in [-0.05, 0) is 19.0 Å². The van der Waals surface area contributed by atoms with Crippen LogP contribution in [0, 0.1) is 5.92 Å². The van der Waals surface area contributed by atoms with Gasteiger partial charge in [-0.3, -0.25) is 0 Å². The van der Waals surface area contributed by atoms with E-state index < -0.39 is 36.8 Å². The van der Waals surface area contributed by atoms with Crippen molar-refractivity contribution in [1.29, 1.82) is 0 Å². The minimum atomic E-state index is -5.57. The Labute approximate surface area is 105 Å². The largest absolute Gasteiger partial charge is 0.428 e. The van der Waals surface area contributed by atoms with Crippen molar-refractivity contribution in [3.8, 4) is 0 Å². The first-order chi connectivity index (χ1) is 7.31. The molecule has 0 N–H and O–H groups in total. The standard InChI is InChI=1S/C8H10Cl2F6Si/c1-17(9,10)3-2-5-4-6(11,12)7(5,13)8(14,15)16/h5H,2-4H2,1H3. The third-order valence-corrected chi connectivity index (χ3v) is 5.24. The average molecular weight is 319 g/mol. The molecule has 0 aromatic carbocycles. The highest BCUT2D eigenvalue weighted by molar-refractivity contribution is 7.44. The highest BCUT2D eigenvalue weighted by Crippen LogP contribution is 2.63. The van der Waals surface area contributed by atoms with Crippen LogP contribution in [0.15, 0.2) is 0 Å². The topological polar surface area (TPSA) is 0 Å². The molecule has 17 heavy (non-hydrogen) atoms. The van der Waals surface area contributed by atoms with Crippen LogP contribution in [-0.2, 0) is 0 Å². The zero-order valence-corrected chi connectivity index (χ0v) is 11.2. The predicted molar refractivity (Wildman–Crippen MR) is 55.7 cm³/mol. The molecule has 0 saturated heterocycles. The van der Waals surface area contributed by atoms with Gasteiger partial charge < -0.3 is 0 Å². The third-order valence-electron chi connectivity index (χ3n) is 2.94. The van der Waals surface area contributed by atoms with E-state index in [1.54, 1.807) is 0 Å². The fourth-order valence-corrected chi connectivity index (χ4v) is 3.44. The maximum absolute atomic E-state index is 13.5. The Morgan fingerprint density at radius 1 is 1.24 bits per heavy atom. The summed E-state index contributed by atoms with van der Waals surface area (Å²) in [5.74, 6) is -6.12. The van der Waals surface area contributed by atoms with Crippen molar-refractivity contribution in [2.24, 2.45) is 5.92 Å². The fraction of sp³-hybridized carbons (Fsp3) is 1.00. The van der Waals surface area contributed by atoms with Crippen LogP contribution in [0.1, 0.15) is 12.8 Å². The van der Waals surface area contributed by atoms with Crippen molar-refractivity contribution >= 4 is 28.9 Å². The molecule has 9 heteroatoms. The summed E-state index contributed by atoms with van der Waals surface area (Å²) in [5.41, 5.74) is -4.44. The Morgan fingerprint density at radius 3 is 2.00 bits per heavy atom. The van der Waals surface area contributed by atoms with Crippen molar-refractivity contribution in [2.75, 3.05) is 0 Å². The highest BCUT2D eigenvalue weighted by Gasteiger charge is 2.81. The molecule has 1 rings (SSSR count). The normalized spacial score (nSPS) is 33.4. The smallest absolute Gasteiger partial charge is 0.227 e. The molecule has 0 nitrogen and oxygen atoms in total. The molecule has 0 bridgehead atoms. The predicted octanol–water partition coefficient (Wildman–Crippen LogP) is 4.85. The van der Waals surface area contributed by atoms with Crippen LogP contribution in [0.25, 0.3) is 0 Å². The minimum absolute atomic E-state index is 0.0430. The third kappa shape index (κ3) is 2.70. The van der Waals surface area contributed by atoms with Gasteiger partial charge in [-0.2, -0.15) is 13.2 Å². The van der Waals surface area contributed by atoms with Crippen LogP contribution in [0.3, 0.4) is 0 Å². The lowest BCUT2D eigenvalue weighted by Crippen LogP contribution is -2.69. The van der Waals surface area contributed by atoms with Gasteiger partial charge >= 0.3 is 6.18 Å². The molecule has 1 saturated carbocycles. The summed E-state index contributed by atoms with van der Waals surface area (Å²) < 4.78 is 76.1. The van der Waals surface area contributed by atoms with Gasteiger partial charge in [-0.25, -0.2) is 13.2 Å². The molecule has 0 aromatic rings. The second kappa shape index (κ2) is 4.20. The SMILES string of the molecule is C[Si](Cl)(Cl)CCC1CC(F)(F)C1(F)C(F)(F)F. The van der Waals surface area contributed by atoms with Gasteiger partial charge in [0.25, 0.3) is 11.6 Å². The molecule has 0 aromatic heterocycles. The number of alkyl halides is 6. The molecule has 1 aliphatic rings. The van der Waals surface area contributed by atoms with Crippen LogP contribution in [-0.4, -0.2) is 24.5 Å². The van der Waals surface area contributed by atoms with Gasteiger partial charge in [0.15, 0.2) is 0 Å². The van der Waals surface area contributed by atoms with Gasteiger partial charge in [-0.1, -0.05) is 0 Å². The van der Waals surface area contributed by atoms with E-state index in [9.17, 15) is 26.3 Å². The van der Waals surface area contributed by atoms with E-state index in [0.717, 1.165) is 0 Å². The van der Waals surface area contributed by atoms with E-state index in [2.05, 4.69) is 0 Å². The van der Waals surface area contributed by atoms with E-state index in [0.29, 0.717) is 0 Å². The summed E-state index contributed by atoms with van der Waals surface area (Å²) >= 11 is 11.3. The highest BCUT2D eigenvalue weighted by atomic mass is 35.7. The van der Waals surface area contributed by atoms with Crippen LogP contribution in [0.4, 0.5) is 26.3 Å². The van der Waals surface area contributed by atoms with Gasteiger partial charge in [0.1, 0.15) is 0 Å². The van der Waals surface area contributed by atoms with Crippen molar-refractivity contribution in [3.05, 3.63) is 0 Å². The van der Waals surface area contributed by atoms with E-state index in [1.165, 1.54) is 6.55 Å².